The van der Waals surface area contributed by atoms with Crippen LogP contribution in [-0.4, -0.2) is 24.0 Å². The summed E-state index contributed by atoms with van der Waals surface area (Å²) in [7, 11) is 0. The lowest BCUT2D eigenvalue weighted by Gasteiger charge is -2.31. The first-order valence-corrected chi connectivity index (χ1v) is 5.56. The molecule has 0 aromatic heterocycles. The number of rotatable bonds is 1. The lowest BCUT2D eigenvalue weighted by Crippen LogP contribution is -2.36. The molecule has 1 nitrogen and oxygen atoms in total. The van der Waals surface area contributed by atoms with Gasteiger partial charge in [0.15, 0.2) is 0 Å². The van der Waals surface area contributed by atoms with Crippen molar-refractivity contribution >= 4 is 0 Å². The minimum atomic E-state index is 0.671. The summed E-state index contributed by atoms with van der Waals surface area (Å²) in [6, 6.07) is 0.671. The van der Waals surface area contributed by atoms with Gasteiger partial charge in [0.05, 0.1) is 0 Å². The van der Waals surface area contributed by atoms with E-state index in [1.54, 1.807) is 5.57 Å². The minimum Gasteiger partial charge on any atom is -0.296 e. The van der Waals surface area contributed by atoms with Crippen LogP contribution in [0.1, 0.15) is 26.7 Å². The molecule has 0 fully saturated rings. The van der Waals surface area contributed by atoms with Gasteiger partial charge in [0.25, 0.3) is 0 Å². The van der Waals surface area contributed by atoms with Crippen LogP contribution >= 0.6 is 0 Å². The predicted octanol–water partition coefficient (Wildman–Crippen LogP) is 2.91. The maximum absolute atomic E-state index is 2.54. The SMILES string of the molecule is CC(C)N1CCC2=C(C=CCC=C2)C1. The van der Waals surface area contributed by atoms with Crippen LogP contribution in [0.3, 0.4) is 0 Å². The van der Waals surface area contributed by atoms with E-state index < -0.39 is 0 Å². The Bertz CT molecular complexity index is 294. The molecule has 0 amide bonds. The van der Waals surface area contributed by atoms with E-state index in [9.17, 15) is 0 Å². The molecule has 0 radical (unpaired) electrons. The van der Waals surface area contributed by atoms with Gasteiger partial charge in [0, 0.05) is 19.1 Å². The third kappa shape index (κ3) is 1.98. The Kier molecular flexibility index (Phi) is 2.87. The first-order chi connectivity index (χ1) is 6.77. The third-order valence-corrected chi connectivity index (χ3v) is 3.09. The number of hydrogen-bond acceptors (Lipinski definition) is 1. The summed E-state index contributed by atoms with van der Waals surface area (Å²) in [6.45, 7) is 6.91. The number of hydrogen-bond donors (Lipinski definition) is 0. The molecule has 0 N–H and O–H groups in total. The molecule has 2 aliphatic rings. The monoisotopic (exact) mass is 189 g/mol. The molecule has 1 heterocycles. The van der Waals surface area contributed by atoms with Gasteiger partial charge in [-0.2, -0.15) is 0 Å². The van der Waals surface area contributed by atoms with Crippen molar-refractivity contribution in [2.45, 2.75) is 32.7 Å². The fraction of sp³-hybridized carbons (Fsp3) is 0.538. The van der Waals surface area contributed by atoms with Gasteiger partial charge in [0.2, 0.25) is 0 Å². The zero-order chi connectivity index (χ0) is 9.97. The highest BCUT2D eigenvalue weighted by Gasteiger charge is 2.18. The molecule has 1 heteroatoms. The second kappa shape index (κ2) is 4.14. The van der Waals surface area contributed by atoms with Crippen LogP contribution in [0.4, 0.5) is 0 Å². The van der Waals surface area contributed by atoms with Gasteiger partial charge in [-0.3, -0.25) is 4.90 Å². The Labute approximate surface area is 86.8 Å². The minimum absolute atomic E-state index is 0.671. The van der Waals surface area contributed by atoms with Crippen LogP contribution in [0, 0.1) is 0 Å². The van der Waals surface area contributed by atoms with Crippen LogP contribution in [0.2, 0.25) is 0 Å². The van der Waals surface area contributed by atoms with E-state index in [0.29, 0.717) is 6.04 Å². The molecule has 1 aliphatic carbocycles. The van der Waals surface area contributed by atoms with Crippen molar-refractivity contribution in [2.75, 3.05) is 13.1 Å². The maximum atomic E-state index is 2.54. The zero-order valence-corrected chi connectivity index (χ0v) is 9.16. The van der Waals surface area contributed by atoms with Crippen LogP contribution in [0.25, 0.3) is 0 Å². The van der Waals surface area contributed by atoms with Crippen LogP contribution in [0.15, 0.2) is 35.5 Å². The Morgan fingerprint density at radius 1 is 1.14 bits per heavy atom. The van der Waals surface area contributed by atoms with E-state index in [4.69, 9.17) is 0 Å². The van der Waals surface area contributed by atoms with Crippen molar-refractivity contribution in [3.8, 4) is 0 Å². The maximum Gasteiger partial charge on any atom is 0.0239 e. The second-order valence-corrected chi connectivity index (χ2v) is 4.41. The van der Waals surface area contributed by atoms with Crippen molar-refractivity contribution in [2.24, 2.45) is 0 Å². The highest BCUT2D eigenvalue weighted by Crippen LogP contribution is 2.23. The van der Waals surface area contributed by atoms with Gasteiger partial charge in [-0.15, -0.1) is 0 Å². The Morgan fingerprint density at radius 2 is 1.86 bits per heavy atom. The molecule has 2 rings (SSSR count). The summed E-state index contributed by atoms with van der Waals surface area (Å²) in [4.78, 5) is 2.54. The lowest BCUT2D eigenvalue weighted by molar-refractivity contribution is 0.235. The van der Waals surface area contributed by atoms with E-state index >= 15 is 0 Å². The van der Waals surface area contributed by atoms with Gasteiger partial charge in [0.1, 0.15) is 0 Å². The second-order valence-electron chi connectivity index (χ2n) is 4.41. The first kappa shape index (κ1) is 9.72. The molecular weight excluding hydrogens is 170 g/mol. The van der Waals surface area contributed by atoms with Gasteiger partial charge >= 0.3 is 0 Å². The average Bonchev–Trinajstić information content (AvgIpc) is 2.41. The van der Waals surface area contributed by atoms with Crippen molar-refractivity contribution in [3.05, 3.63) is 35.5 Å². The van der Waals surface area contributed by atoms with Crippen molar-refractivity contribution in [1.82, 2.24) is 4.90 Å². The first-order valence-electron chi connectivity index (χ1n) is 5.56. The van der Waals surface area contributed by atoms with Crippen LogP contribution in [0.5, 0.6) is 0 Å². The number of allylic oxidation sites excluding steroid dienone is 3. The average molecular weight is 189 g/mol. The number of nitrogens with zero attached hydrogens (tertiary/aromatic N) is 1. The lowest BCUT2D eigenvalue weighted by atomic mass is 9.99. The summed E-state index contributed by atoms with van der Waals surface area (Å²) >= 11 is 0. The summed E-state index contributed by atoms with van der Waals surface area (Å²) in [5.41, 5.74) is 3.08. The van der Waals surface area contributed by atoms with E-state index in [-0.39, 0.29) is 0 Å². The quantitative estimate of drug-likeness (QED) is 0.613. The predicted molar refractivity (Wildman–Crippen MR) is 61.2 cm³/mol. The zero-order valence-electron chi connectivity index (χ0n) is 9.16. The molecule has 0 aromatic rings. The molecule has 0 bridgehead atoms. The Morgan fingerprint density at radius 3 is 2.57 bits per heavy atom. The van der Waals surface area contributed by atoms with Gasteiger partial charge in [-0.25, -0.2) is 0 Å². The largest absolute Gasteiger partial charge is 0.296 e. The molecule has 0 saturated heterocycles. The molecule has 0 saturated carbocycles. The standard InChI is InChI=1S/C13H19N/c1-11(2)14-9-8-12-6-4-3-5-7-13(12)10-14/h4-7,11H,3,8-10H2,1-2H3. The van der Waals surface area contributed by atoms with Gasteiger partial charge in [-0.1, -0.05) is 24.3 Å². The summed E-state index contributed by atoms with van der Waals surface area (Å²) < 4.78 is 0. The van der Waals surface area contributed by atoms with E-state index in [1.165, 1.54) is 18.5 Å². The van der Waals surface area contributed by atoms with E-state index in [1.807, 2.05) is 0 Å². The fourth-order valence-corrected chi connectivity index (χ4v) is 2.11. The summed E-state index contributed by atoms with van der Waals surface area (Å²) in [5, 5.41) is 0. The van der Waals surface area contributed by atoms with E-state index in [2.05, 4.69) is 43.1 Å². The smallest absolute Gasteiger partial charge is 0.0239 e. The van der Waals surface area contributed by atoms with Gasteiger partial charge < -0.3 is 0 Å². The molecular formula is C13H19N. The molecule has 14 heavy (non-hydrogen) atoms. The topological polar surface area (TPSA) is 3.24 Å². The van der Waals surface area contributed by atoms with Crippen LogP contribution in [-0.2, 0) is 0 Å². The van der Waals surface area contributed by atoms with Crippen molar-refractivity contribution in [1.29, 1.82) is 0 Å². The molecule has 0 spiro atoms. The Balaban J connectivity index is 2.17. The van der Waals surface area contributed by atoms with Gasteiger partial charge in [-0.05, 0) is 37.8 Å². The molecule has 1 aliphatic heterocycles. The van der Waals surface area contributed by atoms with Crippen LogP contribution < -0.4 is 0 Å². The van der Waals surface area contributed by atoms with E-state index in [0.717, 1.165) is 13.0 Å². The van der Waals surface area contributed by atoms with Crippen molar-refractivity contribution < 1.29 is 0 Å². The third-order valence-electron chi connectivity index (χ3n) is 3.09. The molecule has 0 unspecified atom stereocenters. The summed E-state index contributed by atoms with van der Waals surface area (Å²) in [5.74, 6) is 0. The normalized spacial score (nSPS) is 22.8. The van der Waals surface area contributed by atoms with Crippen molar-refractivity contribution in [3.63, 3.8) is 0 Å². The fourth-order valence-electron chi connectivity index (χ4n) is 2.11. The Hall–Kier alpha value is -0.820. The molecule has 76 valence electrons. The highest BCUT2D eigenvalue weighted by molar-refractivity contribution is 5.38. The highest BCUT2D eigenvalue weighted by atomic mass is 15.1. The summed E-state index contributed by atoms with van der Waals surface area (Å²) in [6.07, 6.45) is 11.5. The molecule has 0 aromatic carbocycles. The molecule has 0 atom stereocenters.